The summed E-state index contributed by atoms with van der Waals surface area (Å²) in [7, 11) is 0. The number of hydrogen-bond acceptors (Lipinski definition) is 2. The van der Waals surface area contributed by atoms with Gasteiger partial charge in [-0.15, -0.1) is 0 Å². The Balaban J connectivity index is 2.14. The molecule has 0 fully saturated rings. The molecule has 0 spiro atoms. The van der Waals surface area contributed by atoms with Crippen LogP contribution in [0.3, 0.4) is 0 Å². The van der Waals surface area contributed by atoms with Gasteiger partial charge in [0.1, 0.15) is 5.65 Å². The van der Waals surface area contributed by atoms with Gasteiger partial charge in [0.05, 0.1) is 5.69 Å². The molecule has 1 aliphatic carbocycles. The molecule has 0 N–H and O–H groups in total. The van der Waals surface area contributed by atoms with Crippen LogP contribution in [0.25, 0.3) is 11.3 Å². The number of fused-ring (bicyclic) bond motifs is 2. The van der Waals surface area contributed by atoms with Crippen molar-refractivity contribution in [1.82, 2.24) is 14.2 Å². The van der Waals surface area contributed by atoms with E-state index in [1.807, 2.05) is 37.3 Å². The van der Waals surface area contributed by atoms with Crippen LogP contribution in [0.2, 0.25) is 5.02 Å². The van der Waals surface area contributed by atoms with E-state index in [0.29, 0.717) is 5.02 Å². The first-order valence-electron chi connectivity index (χ1n) is 7.04. The Bertz CT molecular complexity index is 906. The first-order chi connectivity index (χ1) is 10.1. The zero-order valence-corrected chi connectivity index (χ0v) is 12.4. The van der Waals surface area contributed by atoms with Gasteiger partial charge >= 0.3 is 0 Å². The third-order valence-electron chi connectivity index (χ3n) is 4.04. The van der Waals surface area contributed by atoms with E-state index < -0.39 is 0 Å². The van der Waals surface area contributed by atoms with Crippen LogP contribution in [0.5, 0.6) is 0 Å². The van der Waals surface area contributed by atoms with Crippen molar-refractivity contribution in [2.24, 2.45) is 0 Å². The minimum Gasteiger partial charge on any atom is -0.298 e. The predicted octanol–water partition coefficient (Wildman–Crippen LogP) is 2.94. The fourth-order valence-electron chi connectivity index (χ4n) is 3.14. The van der Waals surface area contributed by atoms with Gasteiger partial charge in [-0.2, -0.15) is 9.61 Å². The highest BCUT2D eigenvalue weighted by atomic mass is 35.5. The Morgan fingerprint density at radius 1 is 1.19 bits per heavy atom. The van der Waals surface area contributed by atoms with E-state index in [9.17, 15) is 4.79 Å². The second-order valence-electron chi connectivity index (χ2n) is 5.45. The van der Waals surface area contributed by atoms with Crippen molar-refractivity contribution >= 4 is 17.2 Å². The molecule has 1 aliphatic rings. The van der Waals surface area contributed by atoms with Crippen molar-refractivity contribution in [3.8, 4) is 5.69 Å². The molecule has 0 saturated heterocycles. The normalized spacial score (nSPS) is 13.8. The van der Waals surface area contributed by atoms with E-state index in [1.165, 1.54) is 4.52 Å². The summed E-state index contributed by atoms with van der Waals surface area (Å²) in [6.45, 7) is 1.91. The summed E-state index contributed by atoms with van der Waals surface area (Å²) < 4.78 is 3.66. The van der Waals surface area contributed by atoms with E-state index in [4.69, 9.17) is 11.6 Å². The lowest BCUT2D eigenvalue weighted by Gasteiger charge is -2.15. The standard InChI is InChI=1S/C16H14ClN3O/c1-10-9-15-19(12-7-5-11(17)6-8-12)14-4-2-3-13(14)16(21)20(15)18-10/h5-9H,2-4H2,1H3. The van der Waals surface area contributed by atoms with Crippen molar-refractivity contribution < 1.29 is 0 Å². The van der Waals surface area contributed by atoms with Crippen LogP contribution in [0.1, 0.15) is 23.4 Å². The quantitative estimate of drug-likeness (QED) is 0.693. The largest absolute Gasteiger partial charge is 0.298 e. The Hall–Kier alpha value is -2.07. The van der Waals surface area contributed by atoms with Gasteiger partial charge in [-0.1, -0.05) is 11.6 Å². The van der Waals surface area contributed by atoms with Crippen LogP contribution in [0, 0.1) is 6.92 Å². The van der Waals surface area contributed by atoms with Crippen LogP contribution in [0.15, 0.2) is 35.1 Å². The number of aromatic nitrogens is 3. The van der Waals surface area contributed by atoms with Crippen LogP contribution in [0.4, 0.5) is 0 Å². The minimum atomic E-state index is 0.0239. The van der Waals surface area contributed by atoms with Crippen molar-refractivity contribution in [2.45, 2.75) is 26.2 Å². The summed E-state index contributed by atoms with van der Waals surface area (Å²) in [5, 5.41) is 5.06. The van der Waals surface area contributed by atoms with Gasteiger partial charge < -0.3 is 0 Å². The number of hydrogen-bond donors (Lipinski definition) is 0. The first kappa shape index (κ1) is 12.7. The molecular formula is C16H14ClN3O. The first-order valence-corrected chi connectivity index (χ1v) is 7.42. The molecule has 0 unspecified atom stereocenters. The number of benzene rings is 1. The lowest BCUT2D eigenvalue weighted by Crippen LogP contribution is -2.23. The van der Waals surface area contributed by atoms with E-state index in [0.717, 1.165) is 47.5 Å². The molecule has 0 bridgehead atoms. The van der Waals surface area contributed by atoms with Crippen LogP contribution >= 0.6 is 11.6 Å². The molecular weight excluding hydrogens is 286 g/mol. The summed E-state index contributed by atoms with van der Waals surface area (Å²) in [4.78, 5) is 12.5. The van der Waals surface area contributed by atoms with Crippen LogP contribution in [-0.2, 0) is 12.8 Å². The Labute approximate surface area is 126 Å². The van der Waals surface area contributed by atoms with Gasteiger partial charge in [0.15, 0.2) is 0 Å². The fraction of sp³-hybridized carbons (Fsp3) is 0.250. The molecule has 5 heteroatoms. The zero-order chi connectivity index (χ0) is 14.6. The third kappa shape index (κ3) is 1.83. The smallest absolute Gasteiger partial charge is 0.277 e. The number of nitrogens with zero attached hydrogens (tertiary/aromatic N) is 3. The van der Waals surface area contributed by atoms with Gasteiger partial charge in [-0.3, -0.25) is 9.36 Å². The number of halogens is 1. The monoisotopic (exact) mass is 299 g/mol. The Morgan fingerprint density at radius 3 is 2.71 bits per heavy atom. The third-order valence-corrected chi connectivity index (χ3v) is 4.29. The van der Waals surface area contributed by atoms with Crippen LogP contribution < -0.4 is 5.56 Å². The maximum absolute atomic E-state index is 12.5. The summed E-state index contributed by atoms with van der Waals surface area (Å²) in [5.74, 6) is 0. The molecule has 3 aromatic rings. The average Bonchev–Trinajstić information content (AvgIpc) is 3.08. The van der Waals surface area contributed by atoms with Gasteiger partial charge in [0.25, 0.3) is 5.56 Å². The molecule has 0 radical (unpaired) electrons. The highest BCUT2D eigenvalue weighted by molar-refractivity contribution is 6.30. The van der Waals surface area contributed by atoms with E-state index in [-0.39, 0.29) is 5.56 Å². The fourth-order valence-corrected chi connectivity index (χ4v) is 3.27. The topological polar surface area (TPSA) is 39.3 Å². The second kappa shape index (κ2) is 4.46. The molecule has 0 amide bonds. The lowest BCUT2D eigenvalue weighted by atomic mass is 10.2. The summed E-state index contributed by atoms with van der Waals surface area (Å²) in [6.07, 6.45) is 2.77. The van der Waals surface area contributed by atoms with Crippen molar-refractivity contribution in [2.75, 3.05) is 0 Å². The lowest BCUT2D eigenvalue weighted by molar-refractivity contribution is 0.823. The molecule has 4 nitrogen and oxygen atoms in total. The van der Waals surface area contributed by atoms with E-state index >= 15 is 0 Å². The predicted molar refractivity (Wildman–Crippen MR) is 82.6 cm³/mol. The van der Waals surface area contributed by atoms with Gasteiger partial charge in [-0.05, 0) is 50.5 Å². The molecule has 4 rings (SSSR count). The second-order valence-corrected chi connectivity index (χ2v) is 5.89. The number of rotatable bonds is 1. The summed E-state index contributed by atoms with van der Waals surface area (Å²) >= 11 is 5.99. The minimum absolute atomic E-state index is 0.0239. The highest BCUT2D eigenvalue weighted by Crippen LogP contribution is 2.25. The Morgan fingerprint density at radius 2 is 1.95 bits per heavy atom. The Kier molecular flexibility index (Phi) is 2.69. The van der Waals surface area contributed by atoms with Crippen molar-refractivity contribution in [3.05, 3.63) is 62.7 Å². The molecule has 0 saturated carbocycles. The summed E-state index contributed by atoms with van der Waals surface area (Å²) in [6, 6.07) is 9.65. The van der Waals surface area contributed by atoms with Gasteiger partial charge in [-0.25, -0.2) is 0 Å². The summed E-state index contributed by atoms with van der Waals surface area (Å²) in [5.41, 5.74) is 4.70. The number of aryl methyl sites for hydroxylation is 1. The molecule has 2 aromatic heterocycles. The van der Waals surface area contributed by atoms with Gasteiger partial charge in [0.2, 0.25) is 0 Å². The zero-order valence-electron chi connectivity index (χ0n) is 11.6. The molecule has 2 heterocycles. The van der Waals surface area contributed by atoms with E-state index in [2.05, 4.69) is 9.67 Å². The van der Waals surface area contributed by atoms with Crippen LogP contribution in [-0.4, -0.2) is 14.2 Å². The SMILES string of the molecule is Cc1cc2n(-c3ccc(Cl)cc3)c3c(c(=O)n2n1)CCC3. The average molecular weight is 300 g/mol. The maximum Gasteiger partial charge on any atom is 0.277 e. The van der Waals surface area contributed by atoms with Crippen molar-refractivity contribution in [1.29, 1.82) is 0 Å². The highest BCUT2D eigenvalue weighted by Gasteiger charge is 2.23. The molecule has 21 heavy (non-hydrogen) atoms. The van der Waals surface area contributed by atoms with Gasteiger partial charge in [0, 0.05) is 28.0 Å². The van der Waals surface area contributed by atoms with Crippen molar-refractivity contribution in [3.63, 3.8) is 0 Å². The molecule has 0 aliphatic heterocycles. The molecule has 106 valence electrons. The molecule has 0 atom stereocenters. The van der Waals surface area contributed by atoms with E-state index in [1.54, 1.807) is 0 Å². The molecule has 1 aromatic carbocycles. The maximum atomic E-state index is 12.5.